The van der Waals surface area contributed by atoms with Crippen molar-refractivity contribution in [2.45, 2.75) is 57.2 Å². The summed E-state index contributed by atoms with van der Waals surface area (Å²) in [6.45, 7) is 11.6. The van der Waals surface area contributed by atoms with Crippen LogP contribution in [0.3, 0.4) is 0 Å². The largest absolute Gasteiger partial charge is 0.490 e. The Balaban J connectivity index is 1.71. The zero-order valence-electron chi connectivity index (χ0n) is 19.5. The Hall–Kier alpha value is -2.85. The molecule has 33 heavy (non-hydrogen) atoms. The lowest BCUT2D eigenvalue weighted by atomic mass is 9.84. The summed E-state index contributed by atoms with van der Waals surface area (Å²) in [6, 6.07) is 6.40. The molecule has 1 aliphatic heterocycles. The molecular formula is C23H33FN6O3. The van der Waals surface area contributed by atoms with Gasteiger partial charge in [-0.2, -0.15) is 0 Å². The quantitative estimate of drug-likeness (QED) is 0.371. The normalized spacial score (nSPS) is 18.0. The molecule has 3 rings (SSSR count). The van der Waals surface area contributed by atoms with Crippen molar-refractivity contribution in [2.75, 3.05) is 26.4 Å². The SMILES string of the molecule is C=CC(=O)NC(C)(C)CC(C)(NCCCOc1ccccc1F)c1nnnn1C1CCOC1. The van der Waals surface area contributed by atoms with Gasteiger partial charge in [-0.25, -0.2) is 9.07 Å². The number of rotatable bonds is 12. The fourth-order valence-corrected chi connectivity index (χ4v) is 4.23. The molecule has 180 valence electrons. The molecule has 2 N–H and O–H groups in total. The fraction of sp³-hybridized carbons (Fsp3) is 0.565. The van der Waals surface area contributed by atoms with E-state index < -0.39 is 11.1 Å². The van der Waals surface area contributed by atoms with Crippen LogP contribution in [0.25, 0.3) is 0 Å². The second-order valence-electron chi connectivity index (χ2n) is 9.11. The number of tetrazole rings is 1. The van der Waals surface area contributed by atoms with E-state index in [9.17, 15) is 9.18 Å². The van der Waals surface area contributed by atoms with Gasteiger partial charge in [0.25, 0.3) is 0 Å². The molecule has 1 fully saturated rings. The number of hydrogen-bond donors (Lipinski definition) is 2. The molecule has 0 saturated carbocycles. The topological polar surface area (TPSA) is 103 Å². The lowest BCUT2D eigenvalue weighted by Crippen LogP contribution is -2.53. The standard InChI is InChI=1S/C23H33FN6O3/c1-5-20(31)26-22(2,3)16-23(4,21-27-28-29-30(21)17-11-14-32-15-17)25-12-8-13-33-19-10-7-6-9-18(19)24/h5-7,9-10,17,25H,1,8,11-16H2,2-4H3,(H,26,31). The number of carbonyl (C=O) groups excluding carboxylic acids is 1. The maximum atomic E-state index is 13.8. The van der Waals surface area contributed by atoms with Gasteiger partial charge < -0.3 is 20.1 Å². The first-order valence-corrected chi connectivity index (χ1v) is 11.2. The zero-order valence-corrected chi connectivity index (χ0v) is 19.5. The van der Waals surface area contributed by atoms with E-state index in [0.717, 1.165) is 6.42 Å². The summed E-state index contributed by atoms with van der Waals surface area (Å²) in [7, 11) is 0. The van der Waals surface area contributed by atoms with Crippen LogP contribution < -0.4 is 15.4 Å². The Morgan fingerprint density at radius 3 is 2.88 bits per heavy atom. The molecule has 1 saturated heterocycles. The van der Waals surface area contributed by atoms with Gasteiger partial charge in [-0.05, 0) is 75.2 Å². The number of nitrogens with one attached hydrogen (secondary N) is 2. The minimum Gasteiger partial charge on any atom is -0.490 e. The maximum Gasteiger partial charge on any atom is 0.243 e. The van der Waals surface area contributed by atoms with Gasteiger partial charge in [-0.1, -0.05) is 18.7 Å². The van der Waals surface area contributed by atoms with E-state index >= 15 is 0 Å². The first-order valence-electron chi connectivity index (χ1n) is 11.2. The predicted molar refractivity (Wildman–Crippen MR) is 121 cm³/mol. The average molecular weight is 461 g/mol. The van der Waals surface area contributed by atoms with Gasteiger partial charge in [0, 0.05) is 12.1 Å². The van der Waals surface area contributed by atoms with Crippen LogP contribution in [0, 0.1) is 5.82 Å². The number of aromatic nitrogens is 4. The van der Waals surface area contributed by atoms with Crippen LogP contribution >= 0.6 is 0 Å². The van der Waals surface area contributed by atoms with Crippen LogP contribution in [-0.4, -0.2) is 58.0 Å². The molecule has 0 aliphatic carbocycles. The Bertz CT molecular complexity index is 944. The minimum absolute atomic E-state index is 0.0615. The van der Waals surface area contributed by atoms with Gasteiger partial charge in [0.1, 0.15) is 0 Å². The number of ether oxygens (including phenoxy) is 2. The van der Waals surface area contributed by atoms with Gasteiger partial charge in [-0.3, -0.25) is 4.79 Å². The summed E-state index contributed by atoms with van der Waals surface area (Å²) in [4.78, 5) is 12.0. The Morgan fingerprint density at radius 1 is 1.39 bits per heavy atom. The third-order valence-corrected chi connectivity index (χ3v) is 5.61. The molecular weight excluding hydrogens is 427 g/mol. The highest BCUT2D eigenvalue weighted by Gasteiger charge is 2.40. The van der Waals surface area contributed by atoms with E-state index in [0.29, 0.717) is 45.0 Å². The summed E-state index contributed by atoms with van der Waals surface area (Å²) in [5, 5.41) is 19.0. The van der Waals surface area contributed by atoms with Crippen molar-refractivity contribution in [3.05, 3.63) is 48.6 Å². The molecule has 0 spiro atoms. The van der Waals surface area contributed by atoms with Crippen LogP contribution in [0.1, 0.15) is 51.9 Å². The summed E-state index contributed by atoms with van der Waals surface area (Å²) >= 11 is 0. The van der Waals surface area contributed by atoms with E-state index in [1.165, 1.54) is 12.1 Å². The molecule has 1 amide bonds. The number of amides is 1. The number of carbonyl (C=O) groups is 1. The summed E-state index contributed by atoms with van der Waals surface area (Å²) in [6.07, 6.45) is 3.24. The molecule has 2 atom stereocenters. The van der Waals surface area contributed by atoms with Crippen molar-refractivity contribution in [1.82, 2.24) is 30.8 Å². The van der Waals surface area contributed by atoms with Crippen LogP contribution in [0.4, 0.5) is 4.39 Å². The second-order valence-corrected chi connectivity index (χ2v) is 9.11. The third kappa shape index (κ3) is 6.58. The van der Waals surface area contributed by atoms with E-state index in [-0.39, 0.29) is 23.5 Å². The molecule has 10 heteroatoms. The molecule has 0 radical (unpaired) electrons. The number of halogens is 1. The Kier molecular flexibility index (Phi) is 8.15. The van der Waals surface area contributed by atoms with Crippen molar-refractivity contribution in [3.8, 4) is 5.75 Å². The van der Waals surface area contributed by atoms with Crippen LogP contribution in [0.15, 0.2) is 36.9 Å². The monoisotopic (exact) mass is 460 g/mol. The summed E-state index contributed by atoms with van der Waals surface area (Å²) in [5.74, 6) is 0.282. The van der Waals surface area contributed by atoms with E-state index in [1.54, 1.807) is 18.2 Å². The number of para-hydroxylation sites is 1. The van der Waals surface area contributed by atoms with Crippen molar-refractivity contribution in [1.29, 1.82) is 0 Å². The number of hydrogen-bond acceptors (Lipinski definition) is 7. The smallest absolute Gasteiger partial charge is 0.243 e. The van der Waals surface area contributed by atoms with Crippen LogP contribution in [0.5, 0.6) is 5.75 Å². The first-order chi connectivity index (χ1) is 15.7. The Morgan fingerprint density at radius 2 is 2.18 bits per heavy atom. The predicted octanol–water partition coefficient (Wildman–Crippen LogP) is 2.52. The highest BCUT2D eigenvalue weighted by atomic mass is 19.1. The fourth-order valence-electron chi connectivity index (χ4n) is 4.23. The van der Waals surface area contributed by atoms with Gasteiger partial charge in [0.05, 0.1) is 24.8 Å². The number of benzene rings is 1. The van der Waals surface area contributed by atoms with Gasteiger partial charge in [-0.15, -0.1) is 5.10 Å². The summed E-state index contributed by atoms with van der Waals surface area (Å²) < 4.78 is 26.7. The molecule has 2 aromatic rings. The first kappa shape index (κ1) is 24.8. The van der Waals surface area contributed by atoms with E-state index in [2.05, 4.69) is 32.7 Å². The summed E-state index contributed by atoms with van der Waals surface area (Å²) in [5.41, 5.74) is -1.23. The van der Waals surface area contributed by atoms with Crippen molar-refractivity contribution < 1.29 is 18.7 Å². The lowest BCUT2D eigenvalue weighted by molar-refractivity contribution is -0.118. The average Bonchev–Trinajstić information content (AvgIpc) is 3.46. The zero-order chi connectivity index (χ0) is 23.9. The van der Waals surface area contributed by atoms with Crippen molar-refractivity contribution >= 4 is 5.91 Å². The van der Waals surface area contributed by atoms with Gasteiger partial charge >= 0.3 is 0 Å². The molecule has 1 aromatic carbocycles. The van der Waals surface area contributed by atoms with Gasteiger partial charge in [0.2, 0.25) is 5.91 Å². The highest BCUT2D eigenvalue weighted by Crippen LogP contribution is 2.31. The molecule has 0 bridgehead atoms. The third-order valence-electron chi connectivity index (χ3n) is 5.61. The molecule has 9 nitrogen and oxygen atoms in total. The second kappa shape index (κ2) is 10.8. The molecule has 2 unspecified atom stereocenters. The Labute approximate surface area is 193 Å². The van der Waals surface area contributed by atoms with E-state index in [4.69, 9.17) is 9.47 Å². The van der Waals surface area contributed by atoms with Crippen LogP contribution in [-0.2, 0) is 15.1 Å². The molecule has 2 heterocycles. The maximum absolute atomic E-state index is 13.8. The molecule has 1 aliphatic rings. The lowest BCUT2D eigenvalue weighted by Gasteiger charge is -2.38. The van der Waals surface area contributed by atoms with Gasteiger partial charge in [0.15, 0.2) is 17.4 Å². The van der Waals surface area contributed by atoms with Crippen molar-refractivity contribution in [3.63, 3.8) is 0 Å². The molecule has 1 aromatic heterocycles. The number of nitrogens with zero attached hydrogens (tertiary/aromatic N) is 4. The highest BCUT2D eigenvalue weighted by molar-refractivity contribution is 5.87. The van der Waals surface area contributed by atoms with Crippen LogP contribution in [0.2, 0.25) is 0 Å². The van der Waals surface area contributed by atoms with Crippen molar-refractivity contribution in [2.24, 2.45) is 0 Å². The van der Waals surface area contributed by atoms with E-state index in [1.807, 2.05) is 25.5 Å². The minimum atomic E-state index is -0.665.